The molecule has 3 rings (SSSR count). The van der Waals surface area contributed by atoms with E-state index in [0.29, 0.717) is 17.8 Å². The number of rotatable bonds is 7. The fraction of sp³-hybridized carbons (Fsp3) is 0.818. The summed E-state index contributed by atoms with van der Waals surface area (Å²) in [6.45, 7) is 29.4. The molecule has 3 saturated carbocycles. The zero-order chi connectivity index (χ0) is 28.9. The number of hydrogen-bond acceptors (Lipinski definition) is 3. The lowest BCUT2D eigenvalue weighted by molar-refractivity contribution is 0.0302. The molecule has 218 valence electrons. The first-order valence-corrected chi connectivity index (χ1v) is 21.2. The smallest absolute Gasteiger partial charge is 0.192 e. The van der Waals surface area contributed by atoms with Crippen LogP contribution in [0.4, 0.5) is 0 Å². The van der Waals surface area contributed by atoms with Crippen molar-refractivity contribution in [2.75, 3.05) is 0 Å². The van der Waals surface area contributed by atoms with Crippen LogP contribution >= 0.6 is 0 Å². The molecule has 0 spiro atoms. The van der Waals surface area contributed by atoms with Gasteiger partial charge in [-0.1, -0.05) is 65.8 Å². The van der Waals surface area contributed by atoms with Crippen LogP contribution in [-0.4, -0.2) is 38.7 Å². The zero-order valence-corrected chi connectivity index (χ0v) is 28.7. The van der Waals surface area contributed by atoms with Crippen molar-refractivity contribution in [2.24, 2.45) is 23.2 Å². The lowest BCUT2D eigenvalue weighted by Gasteiger charge is -2.45. The van der Waals surface area contributed by atoms with E-state index in [9.17, 15) is 9.90 Å². The van der Waals surface area contributed by atoms with E-state index in [4.69, 9.17) is 4.43 Å². The van der Waals surface area contributed by atoms with E-state index in [1.807, 2.05) is 6.92 Å². The number of aliphatic hydroxyl groups excluding tert-OH is 1. The summed E-state index contributed by atoms with van der Waals surface area (Å²) in [6.07, 6.45) is 13.7. The van der Waals surface area contributed by atoms with Crippen LogP contribution in [0, 0.1) is 23.2 Å². The van der Waals surface area contributed by atoms with Crippen LogP contribution in [0.15, 0.2) is 35.5 Å². The van der Waals surface area contributed by atoms with Crippen LogP contribution in [0.3, 0.4) is 0 Å². The van der Waals surface area contributed by atoms with Crippen LogP contribution in [0.2, 0.25) is 36.3 Å². The molecule has 3 fully saturated rings. The topological polar surface area (TPSA) is 49.7 Å². The predicted molar refractivity (Wildman–Crippen MR) is 168 cm³/mol. The minimum atomic E-state index is -2.30. The van der Waals surface area contributed by atoms with E-state index >= 15 is 0 Å². The van der Waals surface area contributed by atoms with Crippen molar-refractivity contribution in [2.45, 2.75) is 148 Å². The molecule has 3 nitrogen and oxygen atoms in total. The minimum absolute atomic E-state index is 0.0491. The Morgan fingerprint density at radius 1 is 1.11 bits per heavy atom. The molecule has 3 aliphatic rings. The second-order valence-electron chi connectivity index (χ2n) is 16.1. The van der Waals surface area contributed by atoms with Gasteiger partial charge in [-0.3, -0.25) is 0 Å². The SMILES string of the molecule is C=C1/C(=C/C=C2\CCC[C@@]3(C)C2CC[C@@H]3[C@@H](C)O)C[C@@H](CC(C)(C)[Si](C)(C)O)C[C@@H]1O[Si](C)(C)C(C)(C)C. The Balaban J connectivity index is 1.93. The maximum absolute atomic E-state index is 11.1. The Labute approximate surface area is 237 Å². The summed E-state index contributed by atoms with van der Waals surface area (Å²) in [4.78, 5) is 11.1. The van der Waals surface area contributed by atoms with Gasteiger partial charge in [0.25, 0.3) is 0 Å². The van der Waals surface area contributed by atoms with Gasteiger partial charge in [-0.25, -0.2) is 0 Å². The molecule has 38 heavy (non-hydrogen) atoms. The number of allylic oxidation sites excluding steroid dienone is 3. The van der Waals surface area contributed by atoms with E-state index in [0.717, 1.165) is 25.7 Å². The molecule has 0 heterocycles. The van der Waals surface area contributed by atoms with Gasteiger partial charge >= 0.3 is 0 Å². The summed E-state index contributed by atoms with van der Waals surface area (Å²) < 4.78 is 7.03. The second-order valence-corrected chi connectivity index (χ2v) is 25.3. The molecule has 0 bridgehead atoms. The third kappa shape index (κ3) is 6.53. The third-order valence-electron chi connectivity index (χ3n) is 11.7. The molecule has 0 radical (unpaired) electrons. The highest BCUT2D eigenvalue weighted by molar-refractivity contribution is 6.74. The van der Waals surface area contributed by atoms with Crippen LogP contribution in [0.25, 0.3) is 0 Å². The van der Waals surface area contributed by atoms with Crippen molar-refractivity contribution in [1.82, 2.24) is 0 Å². The molecule has 2 N–H and O–H groups in total. The molecular weight excluding hydrogens is 501 g/mol. The first-order chi connectivity index (χ1) is 17.2. The molecular formula is C33H60O3Si2. The monoisotopic (exact) mass is 560 g/mol. The Morgan fingerprint density at radius 2 is 1.74 bits per heavy atom. The Hall–Kier alpha value is -0.466. The normalized spacial score (nSPS) is 34.6. The van der Waals surface area contributed by atoms with E-state index in [-0.39, 0.29) is 27.7 Å². The summed E-state index contributed by atoms with van der Waals surface area (Å²) >= 11 is 0. The van der Waals surface area contributed by atoms with Crippen molar-refractivity contribution in [1.29, 1.82) is 0 Å². The third-order valence-corrected chi connectivity index (χ3v) is 19.7. The largest absolute Gasteiger partial charge is 0.432 e. The van der Waals surface area contributed by atoms with E-state index in [1.54, 1.807) is 5.57 Å². The molecule has 0 amide bonds. The van der Waals surface area contributed by atoms with Gasteiger partial charge in [-0.2, -0.15) is 0 Å². The van der Waals surface area contributed by atoms with Crippen molar-refractivity contribution < 1.29 is 14.3 Å². The fourth-order valence-electron chi connectivity index (χ4n) is 7.41. The Morgan fingerprint density at radius 3 is 2.29 bits per heavy atom. The van der Waals surface area contributed by atoms with Gasteiger partial charge in [0.2, 0.25) is 0 Å². The molecule has 1 unspecified atom stereocenters. The maximum Gasteiger partial charge on any atom is 0.192 e. The maximum atomic E-state index is 11.1. The van der Waals surface area contributed by atoms with Crippen molar-refractivity contribution in [3.8, 4) is 0 Å². The van der Waals surface area contributed by atoms with Crippen LogP contribution in [0.1, 0.15) is 99.8 Å². The fourth-order valence-corrected chi connectivity index (χ4v) is 9.50. The van der Waals surface area contributed by atoms with Crippen LogP contribution < -0.4 is 0 Å². The summed E-state index contributed by atoms with van der Waals surface area (Å²) in [5.41, 5.74) is 4.32. The highest BCUT2D eigenvalue weighted by Crippen LogP contribution is 2.58. The van der Waals surface area contributed by atoms with Gasteiger partial charge < -0.3 is 14.3 Å². The quantitative estimate of drug-likeness (QED) is 0.305. The number of aliphatic hydroxyl groups is 1. The Kier molecular flexibility index (Phi) is 9.34. The summed E-state index contributed by atoms with van der Waals surface area (Å²) in [7, 11) is -4.26. The number of fused-ring (bicyclic) bond motifs is 1. The van der Waals surface area contributed by atoms with Gasteiger partial charge in [0.15, 0.2) is 16.6 Å². The summed E-state index contributed by atoms with van der Waals surface area (Å²) in [6, 6.07) is 0. The molecule has 3 aliphatic carbocycles. The van der Waals surface area contributed by atoms with Gasteiger partial charge in [0, 0.05) is 0 Å². The van der Waals surface area contributed by atoms with Gasteiger partial charge in [-0.05, 0) is 129 Å². The molecule has 0 aromatic rings. The molecule has 0 aliphatic heterocycles. The second kappa shape index (κ2) is 11.1. The Bertz CT molecular complexity index is 931. The number of hydrogen-bond donors (Lipinski definition) is 2. The molecule has 0 aromatic carbocycles. The highest BCUT2D eigenvalue weighted by atomic mass is 28.4. The van der Waals surface area contributed by atoms with Gasteiger partial charge in [0.1, 0.15) is 0 Å². The summed E-state index contributed by atoms with van der Waals surface area (Å²) in [5, 5.41) is 10.6. The first kappa shape index (κ1) is 32.1. The van der Waals surface area contributed by atoms with Crippen molar-refractivity contribution in [3.05, 3.63) is 35.5 Å². The van der Waals surface area contributed by atoms with E-state index in [2.05, 4.69) is 86.5 Å². The molecule has 0 saturated heterocycles. The molecule has 6 atom stereocenters. The average molecular weight is 561 g/mol. The standard InChI is InChI=1S/C33H60O3Si2/c1-23-27(16-15-26-14-13-19-33(8)28(24(2)34)17-18-29(26)33)20-25(22-32(6,7)37(9,10)35)21-30(23)36-38(11,12)31(3,4)5/h15-16,24-25,28-30,34-35H,1,13-14,17-22H2,2-12H3/b26-15+,27-16+/t24-,25-,28-,29?,30+,33-/m1/s1. The molecule has 0 aromatic heterocycles. The van der Waals surface area contributed by atoms with E-state index < -0.39 is 16.6 Å². The van der Waals surface area contributed by atoms with Crippen molar-refractivity contribution in [3.63, 3.8) is 0 Å². The lowest BCUT2D eigenvalue weighted by Crippen LogP contribution is -2.46. The highest BCUT2D eigenvalue weighted by Gasteiger charge is 2.50. The van der Waals surface area contributed by atoms with E-state index in [1.165, 1.54) is 36.8 Å². The minimum Gasteiger partial charge on any atom is -0.432 e. The average Bonchev–Trinajstić information content (AvgIpc) is 3.10. The predicted octanol–water partition coefficient (Wildman–Crippen LogP) is 9.16. The van der Waals surface area contributed by atoms with Crippen LogP contribution in [-0.2, 0) is 4.43 Å². The first-order valence-electron chi connectivity index (χ1n) is 15.4. The van der Waals surface area contributed by atoms with Gasteiger partial charge in [0.05, 0.1) is 12.2 Å². The zero-order valence-electron chi connectivity index (χ0n) is 26.7. The van der Waals surface area contributed by atoms with Crippen LogP contribution in [0.5, 0.6) is 0 Å². The summed E-state index contributed by atoms with van der Waals surface area (Å²) in [5.74, 6) is 1.48. The molecule has 5 heteroatoms. The van der Waals surface area contributed by atoms with Gasteiger partial charge in [-0.15, -0.1) is 0 Å². The van der Waals surface area contributed by atoms with Crippen molar-refractivity contribution >= 4 is 16.6 Å². The lowest BCUT2D eigenvalue weighted by atomic mass is 9.62.